The Kier molecular flexibility index (Phi) is 41.4. The maximum Gasteiger partial charge on any atom is 0.410 e. The SMILES string of the molecule is CC(=O)OCC(=O)OCC(=O)OC(C)C(=O)NCCCN(CCCCN(CCCCC(=O)OCc1ccccc1)C(=O)OCc1ccccc1)C(=O)OCc1ccccc1.NCCCN(CCCCN(CCCCC(=O)OCc1ccccc1)C(=O)OCc1ccccc1)C(=O)OCc1ccccc1. The average molecular weight is 1440 g/mol. The highest BCUT2D eigenvalue weighted by molar-refractivity contribution is 5.84. The van der Waals surface area contributed by atoms with Crippen molar-refractivity contribution in [2.45, 2.75) is 137 Å². The molecule has 6 aromatic carbocycles. The van der Waals surface area contributed by atoms with Crippen molar-refractivity contribution in [1.29, 1.82) is 0 Å². The van der Waals surface area contributed by atoms with Gasteiger partial charge in [0.25, 0.3) is 5.91 Å². The molecule has 0 spiro atoms. The van der Waals surface area contributed by atoms with Gasteiger partial charge in [0.1, 0.15) is 39.6 Å². The number of rotatable bonds is 45. The Balaban J connectivity index is 0.000000392. The molecule has 0 fully saturated rings. The predicted molar refractivity (Wildman–Crippen MR) is 386 cm³/mol. The van der Waals surface area contributed by atoms with Gasteiger partial charge in [0.15, 0.2) is 19.3 Å². The quantitative estimate of drug-likeness (QED) is 0.0204. The summed E-state index contributed by atoms with van der Waals surface area (Å²) in [5, 5.41) is 2.65. The monoisotopic (exact) mass is 1440 g/mol. The summed E-state index contributed by atoms with van der Waals surface area (Å²) in [7, 11) is 0. The second-order valence-electron chi connectivity index (χ2n) is 24.1. The van der Waals surface area contributed by atoms with Crippen LogP contribution in [0, 0.1) is 0 Å². The highest BCUT2D eigenvalue weighted by atomic mass is 16.6. The van der Waals surface area contributed by atoms with E-state index in [1.807, 2.05) is 182 Å². The Labute approximate surface area is 609 Å². The van der Waals surface area contributed by atoms with E-state index in [2.05, 4.69) is 14.8 Å². The number of carbonyl (C=O) groups excluding carboxylic acids is 10. The van der Waals surface area contributed by atoms with Gasteiger partial charge < -0.3 is 73.3 Å². The zero-order valence-corrected chi connectivity index (χ0v) is 59.7. The van der Waals surface area contributed by atoms with Crippen molar-refractivity contribution in [1.82, 2.24) is 24.9 Å². The van der Waals surface area contributed by atoms with Crippen LogP contribution in [-0.4, -0.2) is 164 Å². The zero-order valence-electron chi connectivity index (χ0n) is 59.7. The van der Waals surface area contributed by atoms with Gasteiger partial charge in [-0.05, 0) is 111 Å². The Morgan fingerprint density at radius 1 is 0.327 bits per heavy atom. The highest BCUT2D eigenvalue weighted by Gasteiger charge is 2.23. The lowest BCUT2D eigenvalue weighted by Gasteiger charge is -2.25. The number of esters is 5. The van der Waals surface area contributed by atoms with Gasteiger partial charge in [-0.2, -0.15) is 0 Å². The second kappa shape index (κ2) is 51.3. The molecule has 25 nitrogen and oxygen atoms in total. The van der Waals surface area contributed by atoms with Gasteiger partial charge in [-0.1, -0.05) is 182 Å². The molecule has 0 aliphatic rings. The van der Waals surface area contributed by atoms with Crippen LogP contribution < -0.4 is 11.1 Å². The zero-order chi connectivity index (χ0) is 74.6. The number of hydrogen-bond donors (Lipinski definition) is 2. The second-order valence-corrected chi connectivity index (χ2v) is 24.1. The van der Waals surface area contributed by atoms with Crippen molar-refractivity contribution in [3.8, 4) is 0 Å². The van der Waals surface area contributed by atoms with Crippen LogP contribution >= 0.6 is 0 Å². The maximum atomic E-state index is 13.2. The molecular weight excluding hydrogens is 1340 g/mol. The third-order valence-electron chi connectivity index (χ3n) is 15.6. The molecule has 0 aromatic heterocycles. The van der Waals surface area contributed by atoms with Crippen LogP contribution in [0.25, 0.3) is 0 Å². The number of nitrogens with two attached hydrogens (primary N) is 1. The fourth-order valence-electron chi connectivity index (χ4n) is 9.93. The van der Waals surface area contributed by atoms with Crippen LogP contribution in [0.3, 0.4) is 0 Å². The summed E-state index contributed by atoms with van der Waals surface area (Å²) in [6.45, 7) is 5.81. The molecular formula is C79H100N6O19. The molecule has 0 aliphatic carbocycles. The Bertz CT molecular complexity index is 3450. The molecule has 0 saturated carbocycles. The van der Waals surface area contributed by atoms with Gasteiger partial charge in [0, 0.05) is 78.7 Å². The summed E-state index contributed by atoms with van der Waals surface area (Å²) in [6.07, 6.45) is 3.18. The minimum atomic E-state index is -1.20. The van der Waals surface area contributed by atoms with E-state index in [0.29, 0.717) is 117 Å². The van der Waals surface area contributed by atoms with Crippen molar-refractivity contribution >= 4 is 60.1 Å². The highest BCUT2D eigenvalue weighted by Crippen LogP contribution is 2.15. The summed E-state index contributed by atoms with van der Waals surface area (Å²) in [5.41, 5.74) is 11.0. The normalized spacial score (nSPS) is 10.8. The van der Waals surface area contributed by atoms with Crippen LogP contribution in [0.2, 0.25) is 0 Å². The molecule has 0 radical (unpaired) electrons. The summed E-state index contributed by atoms with van der Waals surface area (Å²) < 4.78 is 47.2. The van der Waals surface area contributed by atoms with Gasteiger partial charge >= 0.3 is 54.2 Å². The fourth-order valence-corrected chi connectivity index (χ4v) is 9.93. The first-order chi connectivity index (χ1) is 50.5. The number of unbranched alkanes of at least 4 members (excludes halogenated alkanes) is 4. The first kappa shape index (κ1) is 83.8. The van der Waals surface area contributed by atoms with Gasteiger partial charge in [0.2, 0.25) is 0 Å². The van der Waals surface area contributed by atoms with Crippen molar-refractivity contribution < 1.29 is 90.6 Å². The van der Waals surface area contributed by atoms with Crippen molar-refractivity contribution in [2.24, 2.45) is 5.73 Å². The maximum absolute atomic E-state index is 13.2. The molecule has 1 atom stereocenters. The first-order valence-electron chi connectivity index (χ1n) is 35.2. The van der Waals surface area contributed by atoms with Gasteiger partial charge in [-0.25, -0.2) is 28.8 Å². The molecule has 560 valence electrons. The van der Waals surface area contributed by atoms with E-state index >= 15 is 0 Å². The van der Waals surface area contributed by atoms with Crippen molar-refractivity contribution in [3.63, 3.8) is 0 Å². The topological polar surface area (TPSA) is 305 Å². The minimum Gasteiger partial charge on any atom is -0.461 e. The lowest BCUT2D eigenvalue weighted by Crippen LogP contribution is -2.39. The van der Waals surface area contributed by atoms with Crippen molar-refractivity contribution in [3.05, 3.63) is 215 Å². The lowest BCUT2D eigenvalue weighted by atomic mass is 10.2. The molecule has 0 aliphatic heterocycles. The molecule has 1 unspecified atom stereocenters. The van der Waals surface area contributed by atoms with E-state index in [-0.39, 0.29) is 83.6 Å². The summed E-state index contributed by atoms with van der Waals surface area (Å²) in [6, 6.07) is 56.6. The van der Waals surface area contributed by atoms with Crippen LogP contribution in [0.1, 0.15) is 124 Å². The van der Waals surface area contributed by atoms with Gasteiger partial charge in [0.05, 0.1) is 0 Å². The summed E-state index contributed by atoms with van der Waals surface area (Å²) in [4.78, 5) is 130. The van der Waals surface area contributed by atoms with Gasteiger partial charge in [-0.3, -0.25) is 19.2 Å². The number of benzene rings is 6. The minimum absolute atomic E-state index is 0.0652. The molecule has 25 heteroatoms. The number of ether oxygens (including phenoxy) is 9. The third-order valence-corrected chi connectivity index (χ3v) is 15.6. The fraction of sp³-hybridized carbons (Fsp3) is 0.418. The van der Waals surface area contributed by atoms with Crippen LogP contribution in [0.15, 0.2) is 182 Å². The molecule has 5 amide bonds. The molecule has 0 saturated heterocycles. The number of hydrogen-bond acceptors (Lipinski definition) is 20. The van der Waals surface area contributed by atoms with E-state index in [1.54, 1.807) is 14.7 Å². The van der Waals surface area contributed by atoms with E-state index in [9.17, 15) is 47.9 Å². The van der Waals surface area contributed by atoms with E-state index in [1.165, 1.54) is 11.8 Å². The molecule has 104 heavy (non-hydrogen) atoms. The Morgan fingerprint density at radius 3 is 0.894 bits per heavy atom. The summed E-state index contributed by atoms with van der Waals surface area (Å²) in [5.74, 6) is -3.78. The third kappa shape index (κ3) is 37.7. The first-order valence-corrected chi connectivity index (χ1v) is 35.2. The number of carbonyl (C=O) groups is 10. The largest absolute Gasteiger partial charge is 0.461 e. The van der Waals surface area contributed by atoms with E-state index in [0.717, 1.165) is 40.3 Å². The summed E-state index contributed by atoms with van der Waals surface area (Å²) >= 11 is 0. The van der Waals surface area contributed by atoms with Gasteiger partial charge in [-0.15, -0.1) is 0 Å². The Morgan fingerprint density at radius 2 is 0.596 bits per heavy atom. The smallest absolute Gasteiger partial charge is 0.410 e. The van der Waals surface area contributed by atoms with E-state index in [4.69, 9.17) is 38.9 Å². The number of nitrogens with one attached hydrogen (secondary N) is 1. The molecule has 3 N–H and O–H groups in total. The van der Waals surface area contributed by atoms with Crippen molar-refractivity contribution in [2.75, 3.05) is 78.7 Å². The van der Waals surface area contributed by atoms with Crippen LogP contribution in [0.4, 0.5) is 19.2 Å². The van der Waals surface area contributed by atoms with Crippen LogP contribution in [-0.2, 0) is 111 Å². The predicted octanol–water partition coefficient (Wildman–Crippen LogP) is 11.8. The molecule has 6 rings (SSSR count). The molecule has 0 heterocycles. The van der Waals surface area contributed by atoms with Crippen LogP contribution in [0.5, 0.6) is 0 Å². The lowest BCUT2D eigenvalue weighted by molar-refractivity contribution is -0.167. The molecule has 0 bridgehead atoms. The molecule has 6 aromatic rings. The number of nitrogens with zero attached hydrogens (tertiary/aromatic N) is 4. The Hall–Kier alpha value is -10.8. The van der Waals surface area contributed by atoms with E-state index < -0.39 is 61.4 Å². The average Bonchev–Trinajstić information content (AvgIpc) is 1.18. The number of amides is 5. The standard InChI is InChI=1S/C44H55N3O13.C35H45N3O6/c1-34(60-41(51)33-57-40(50)32-55-35(2)48)42(52)45-24-16-28-47(44(54)59-31-38-21-10-5-11-22-38)27-15-14-26-46(43(53)58-30-37-19-8-4-9-20-37)25-13-12-23-39(49)56-29-36-17-6-3-7-18-36;36-22-14-26-38(35(41)44-29-32-19-8-3-9-20-32)25-13-12-24-37(34(40)43-28-31-17-6-2-7-18-31)23-11-10-21-33(39)42-27-30-15-4-1-5-16-30/h3-11,17-22,34H,12-16,23-33H2,1-2H3,(H,45,52);1-9,15-20H,10-14,21-29,36H2.